The zero-order valence-corrected chi connectivity index (χ0v) is 17.4. The second-order valence-electron chi connectivity index (χ2n) is 6.20. The molecule has 0 bridgehead atoms. The van der Waals surface area contributed by atoms with Crippen molar-refractivity contribution in [3.63, 3.8) is 0 Å². The fourth-order valence-electron chi connectivity index (χ4n) is 2.65. The van der Waals surface area contributed by atoms with E-state index in [0.717, 1.165) is 18.6 Å². The number of aromatic nitrogens is 1. The molecule has 0 aliphatic carbocycles. The Hall–Kier alpha value is -2.77. The van der Waals surface area contributed by atoms with E-state index in [0.29, 0.717) is 16.5 Å². The summed E-state index contributed by atoms with van der Waals surface area (Å²) in [7, 11) is 0. The minimum Gasteiger partial charge on any atom is -0.456 e. The maximum absolute atomic E-state index is 13.1. The SMILES string of the molecule is CCc1ccc(N(C(C)=O)c2nc(COC(=O)c3ccc(F)cc3Cl)cs2)cc1. The molecule has 0 radical (unpaired) electrons. The predicted octanol–water partition coefficient (Wildman–Crippen LogP) is 5.54. The van der Waals surface area contributed by atoms with Crippen LogP contribution in [0, 0.1) is 5.82 Å². The van der Waals surface area contributed by atoms with Crippen molar-refractivity contribution < 1.29 is 18.7 Å². The van der Waals surface area contributed by atoms with Gasteiger partial charge in [-0.15, -0.1) is 11.3 Å². The number of benzene rings is 2. The summed E-state index contributed by atoms with van der Waals surface area (Å²) in [5, 5.41) is 2.17. The fraction of sp³-hybridized carbons (Fsp3) is 0.190. The maximum Gasteiger partial charge on any atom is 0.340 e. The summed E-state index contributed by atoms with van der Waals surface area (Å²) in [6, 6.07) is 11.1. The first-order valence-electron chi connectivity index (χ1n) is 8.85. The van der Waals surface area contributed by atoms with E-state index < -0.39 is 11.8 Å². The zero-order valence-electron chi connectivity index (χ0n) is 15.8. The zero-order chi connectivity index (χ0) is 21.0. The van der Waals surface area contributed by atoms with Crippen molar-refractivity contribution in [3.8, 4) is 0 Å². The van der Waals surface area contributed by atoms with Crippen molar-refractivity contribution in [1.29, 1.82) is 0 Å². The molecule has 0 unspecified atom stereocenters. The number of amides is 1. The van der Waals surface area contributed by atoms with E-state index in [2.05, 4.69) is 11.9 Å². The summed E-state index contributed by atoms with van der Waals surface area (Å²) in [5.74, 6) is -1.39. The summed E-state index contributed by atoms with van der Waals surface area (Å²) in [4.78, 5) is 30.3. The Balaban J connectivity index is 1.72. The van der Waals surface area contributed by atoms with Gasteiger partial charge in [0.05, 0.1) is 22.0 Å². The van der Waals surface area contributed by atoms with Crippen LogP contribution in [0.2, 0.25) is 5.02 Å². The Labute approximate surface area is 176 Å². The average molecular weight is 433 g/mol. The van der Waals surface area contributed by atoms with Crippen LogP contribution in [-0.4, -0.2) is 16.9 Å². The minimum absolute atomic E-state index is 0.0211. The summed E-state index contributed by atoms with van der Waals surface area (Å²) < 4.78 is 18.3. The van der Waals surface area contributed by atoms with Crippen LogP contribution in [0.25, 0.3) is 0 Å². The quantitative estimate of drug-likeness (QED) is 0.480. The van der Waals surface area contributed by atoms with E-state index in [1.807, 2.05) is 24.3 Å². The molecule has 3 rings (SSSR count). The minimum atomic E-state index is -0.678. The van der Waals surface area contributed by atoms with Gasteiger partial charge < -0.3 is 4.74 Å². The van der Waals surface area contributed by atoms with Crippen molar-refractivity contribution in [2.75, 3.05) is 4.90 Å². The van der Waals surface area contributed by atoms with Crippen molar-refractivity contribution in [1.82, 2.24) is 4.98 Å². The number of rotatable bonds is 6. The highest BCUT2D eigenvalue weighted by molar-refractivity contribution is 7.14. The fourth-order valence-corrected chi connectivity index (χ4v) is 3.76. The Morgan fingerprint density at radius 3 is 2.55 bits per heavy atom. The van der Waals surface area contributed by atoms with E-state index in [9.17, 15) is 14.0 Å². The number of anilines is 2. The van der Waals surface area contributed by atoms with E-state index in [-0.39, 0.29) is 23.1 Å². The summed E-state index contributed by atoms with van der Waals surface area (Å²) in [6.45, 7) is 3.43. The van der Waals surface area contributed by atoms with Gasteiger partial charge in [-0.25, -0.2) is 14.2 Å². The van der Waals surface area contributed by atoms with Gasteiger partial charge in [-0.3, -0.25) is 9.69 Å². The molecule has 29 heavy (non-hydrogen) atoms. The van der Waals surface area contributed by atoms with E-state index in [1.54, 1.807) is 5.38 Å². The van der Waals surface area contributed by atoms with E-state index >= 15 is 0 Å². The normalized spacial score (nSPS) is 10.6. The van der Waals surface area contributed by atoms with Crippen molar-refractivity contribution >= 4 is 45.6 Å². The van der Waals surface area contributed by atoms with Gasteiger partial charge >= 0.3 is 5.97 Å². The Morgan fingerprint density at radius 1 is 1.21 bits per heavy atom. The first kappa shape index (κ1) is 21.0. The molecular weight excluding hydrogens is 415 g/mol. The van der Waals surface area contributed by atoms with Gasteiger partial charge in [0.1, 0.15) is 12.4 Å². The van der Waals surface area contributed by atoms with E-state index in [1.165, 1.54) is 34.8 Å². The molecular formula is C21H18ClFN2O3S. The third-order valence-corrected chi connectivity index (χ3v) is 5.34. The number of esters is 1. The molecule has 3 aromatic rings. The molecule has 0 saturated heterocycles. The molecule has 0 aliphatic heterocycles. The number of ether oxygens (including phenoxy) is 1. The number of thiazole rings is 1. The van der Waals surface area contributed by atoms with Crippen LogP contribution in [0.3, 0.4) is 0 Å². The van der Waals surface area contributed by atoms with Gasteiger partial charge in [-0.1, -0.05) is 30.7 Å². The van der Waals surface area contributed by atoms with Crippen molar-refractivity contribution in [3.05, 3.63) is 75.5 Å². The molecule has 5 nitrogen and oxygen atoms in total. The Morgan fingerprint density at radius 2 is 1.93 bits per heavy atom. The number of hydrogen-bond acceptors (Lipinski definition) is 5. The van der Waals surface area contributed by atoms with Crippen LogP contribution < -0.4 is 4.90 Å². The predicted molar refractivity (Wildman–Crippen MR) is 111 cm³/mol. The molecule has 8 heteroatoms. The highest BCUT2D eigenvalue weighted by Crippen LogP contribution is 2.29. The van der Waals surface area contributed by atoms with E-state index in [4.69, 9.17) is 16.3 Å². The number of carbonyl (C=O) groups is 2. The molecule has 2 aromatic carbocycles. The van der Waals surface area contributed by atoms with Crippen LogP contribution in [0.1, 0.15) is 35.5 Å². The first-order chi connectivity index (χ1) is 13.9. The number of halogens is 2. The largest absolute Gasteiger partial charge is 0.456 e. The summed E-state index contributed by atoms with van der Waals surface area (Å²) in [6.07, 6.45) is 0.908. The third-order valence-electron chi connectivity index (χ3n) is 4.15. The maximum atomic E-state index is 13.1. The summed E-state index contributed by atoms with van der Waals surface area (Å²) in [5.41, 5.74) is 2.45. The smallest absolute Gasteiger partial charge is 0.340 e. The molecule has 0 spiro atoms. The van der Waals surface area contributed by atoms with Crippen LogP contribution in [-0.2, 0) is 22.6 Å². The second kappa shape index (κ2) is 9.15. The molecule has 150 valence electrons. The number of hydrogen-bond donors (Lipinski definition) is 0. The molecule has 0 atom stereocenters. The lowest BCUT2D eigenvalue weighted by atomic mass is 10.1. The van der Waals surface area contributed by atoms with Crippen LogP contribution in [0.15, 0.2) is 47.8 Å². The molecule has 0 fully saturated rings. The molecule has 1 heterocycles. The second-order valence-corrected chi connectivity index (χ2v) is 7.44. The van der Waals surface area contributed by atoms with Gasteiger partial charge in [0, 0.05) is 12.3 Å². The lowest BCUT2D eigenvalue weighted by molar-refractivity contribution is -0.115. The highest BCUT2D eigenvalue weighted by atomic mass is 35.5. The Kier molecular flexibility index (Phi) is 6.61. The molecule has 0 aliphatic rings. The van der Waals surface area contributed by atoms with Crippen LogP contribution in [0.5, 0.6) is 0 Å². The van der Waals surface area contributed by atoms with Crippen molar-refractivity contribution in [2.45, 2.75) is 26.9 Å². The lowest BCUT2D eigenvalue weighted by Crippen LogP contribution is -2.22. The number of nitrogens with zero attached hydrogens (tertiary/aromatic N) is 2. The topological polar surface area (TPSA) is 59.5 Å². The standard InChI is InChI=1S/C21H18ClFN2O3S/c1-3-14-4-7-17(8-5-14)25(13(2)26)21-24-16(12-29-21)11-28-20(27)18-9-6-15(23)10-19(18)22/h4-10,12H,3,11H2,1-2H3. The third kappa shape index (κ3) is 4.99. The first-order valence-corrected chi connectivity index (χ1v) is 10.1. The van der Waals surface area contributed by atoms with Gasteiger partial charge in [-0.2, -0.15) is 0 Å². The van der Waals surface area contributed by atoms with Gasteiger partial charge in [0.15, 0.2) is 5.13 Å². The monoisotopic (exact) mass is 432 g/mol. The van der Waals surface area contributed by atoms with Gasteiger partial charge in [-0.05, 0) is 42.3 Å². The molecule has 0 saturated carbocycles. The van der Waals surface area contributed by atoms with Gasteiger partial charge in [0.25, 0.3) is 0 Å². The van der Waals surface area contributed by atoms with Crippen LogP contribution in [0.4, 0.5) is 15.2 Å². The molecule has 1 amide bonds. The molecule has 0 N–H and O–H groups in total. The van der Waals surface area contributed by atoms with Crippen molar-refractivity contribution in [2.24, 2.45) is 0 Å². The Bertz CT molecular complexity index is 1040. The van der Waals surface area contributed by atoms with Crippen LogP contribution >= 0.6 is 22.9 Å². The lowest BCUT2D eigenvalue weighted by Gasteiger charge is -2.18. The molecule has 1 aromatic heterocycles. The number of carbonyl (C=O) groups excluding carboxylic acids is 2. The number of aryl methyl sites for hydroxylation is 1. The average Bonchev–Trinajstić information content (AvgIpc) is 3.15. The van der Waals surface area contributed by atoms with Gasteiger partial charge in [0.2, 0.25) is 5.91 Å². The summed E-state index contributed by atoms with van der Waals surface area (Å²) >= 11 is 7.15. The highest BCUT2D eigenvalue weighted by Gasteiger charge is 2.19.